The molecule has 6 heteroatoms. The summed E-state index contributed by atoms with van der Waals surface area (Å²) in [5.41, 5.74) is 1.67. The fourth-order valence-electron chi connectivity index (χ4n) is 3.69. The fraction of sp³-hybridized carbons (Fsp3) is 0.364. The van der Waals surface area contributed by atoms with E-state index in [-0.39, 0.29) is 5.91 Å². The molecule has 3 aromatic rings. The average Bonchev–Trinajstić information content (AvgIpc) is 3.18. The Balaban J connectivity index is 1.53. The van der Waals surface area contributed by atoms with Crippen LogP contribution >= 0.6 is 11.3 Å². The summed E-state index contributed by atoms with van der Waals surface area (Å²) in [4.78, 5) is 19.8. The Labute approximate surface area is 168 Å². The molecule has 0 spiro atoms. The van der Waals surface area contributed by atoms with E-state index in [1.54, 1.807) is 24.5 Å². The van der Waals surface area contributed by atoms with Gasteiger partial charge in [-0.15, -0.1) is 11.3 Å². The van der Waals surface area contributed by atoms with Gasteiger partial charge in [0, 0.05) is 24.6 Å². The van der Waals surface area contributed by atoms with E-state index in [2.05, 4.69) is 6.07 Å². The van der Waals surface area contributed by atoms with Crippen molar-refractivity contribution >= 4 is 27.5 Å². The van der Waals surface area contributed by atoms with Gasteiger partial charge in [0.2, 0.25) is 0 Å². The SMILES string of the molecule is CCOc1ccc(C(=O)N2CCC[C@H](c3nc4ccccc4s3)C2)cc1OC. The van der Waals surface area contributed by atoms with Gasteiger partial charge in [-0.3, -0.25) is 4.79 Å². The molecule has 1 aromatic heterocycles. The molecule has 0 aliphatic carbocycles. The summed E-state index contributed by atoms with van der Waals surface area (Å²) in [6.45, 7) is 3.96. The van der Waals surface area contributed by atoms with Crippen molar-refractivity contribution in [3.63, 3.8) is 0 Å². The van der Waals surface area contributed by atoms with Crippen molar-refractivity contribution in [1.82, 2.24) is 9.88 Å². The molecule has 1 aliphatic rings. The van der Waals surface area contributed by atoms with E-state index in [1.165, 1.54) is 4.70 Å². The molecule has 0 N–H and O–H groups in total. The number of thiazole rings is 1. The number of ether oxygens (including phenoxy) is 2. The summed E-state index contributed by atoms with van der Waals surface area (Å²) in [6.07, 6.45) is 2.05. The number of fused-ring (bicyclic) bond motifs is 1. The van der Waals surface area contributed by atoms with Crippen molar-refractivity contribution in [2.75, 3.05) is 26.8 Å². The lowest BCUT2D eigenvalue weighted by Gasteiger charge is -2.32. The molecule has 146 valence electrons. The van der Waals surface area contributed by atoms with Crippen LogP contribution in [0.25, 0.3) is 10.2 Å². The Bertz CT molecular complexity index is 952. The maximum absolute atomic E-state index is 13.1. The Morgan fingerprint density at radius 2 is 2.11 bits per heavy atom. The van der Waals surface area contributed by atoms with Gasteiger partial charge in [0.15, 0.2) is 11.5 Å². The van der Waals surface area contributed by atoms with Gasteiger partial charge < -0.3 is 14.4 Å². The molecule has 0 radical (unpaired) electrons. The molecule has 2 heterocycles. The standard InChI is InChI=1S/C22H24N2O3S/c1-3-27-18-11-10-15(13-19(18)26-2)22(25)24-12-6-7-16(14-24)21-23-17-8-4-5-9-20(17)28-21/h4-5,8-11,13,16H,3,6-7,12,14H2,1-2H3/t16-/m0/s1. The number of nitrogens with zero attached hydrogens (tertiary/aromatic N) is 2. The third-order valence-corrected chi connectivity index (χ3v) is 6.28. The number of para-hydroxylation sites is 1. The molecular weight excluding hydrogens is 372 g/mol. The summed E-state index contributed by atoms with van der Waals surface area (Å²) in [7, 11) is 1.59. The molecule has 1 aliphatic heterocycles. The Morgan fingerprint density at radius 1 is 1.25 bits per heavy atom. The minimum atomic E-state index is 0.0344. The Kier molecular flexibility index (Phi) is 5.48. The van der Waals surface area contributed by atoms with Crippen molar-refractivity contribution in [2.24, 2.45) is 0 Å². The maximum atomic E-state index is 13.1. The van der Waals surface area contributed by atoms with Crippen LogP contribution in [0.1, 0.15) is 41.0 Å². The van der Waals surface area contributed by atoms with Gasteiger partial charge in [-0.25, -0.2) is 4.98 Å². The maximum Gasteiger partial charge on any atom is 0.254 e. The molecule has 0 unspecified atom stereocenters. The quantitative estimate of drug-likeness (QED) is 0.626. The van der Waals surface area contributed by atoms with Gasteiger partial charge in [-0.05, 0) is 50.1 Å². The average molecular weight is 397 g/mol. The zero-order chi connectivity index (χ0) is 19.5. The highest BCUT2D eigenvalue weighted by Gasteiger charge is 2.28. The van der Waals surface area contributed by atoms with E-state index in [0.717, 1.165) is 29.9 Å². The van der Waals surface area contributed by atoms with Gasteiger partial charge in [-0.1, -0.05) is 12.1 Å². The second-order valence-electron chi connectivity index (χ2n) is 6.91. The topological polar surface area (TPSA) is 51.7 Å². The van der Waals surface area contributed by atoms with Crippen LogP contribution in [-0.4, -0.2) is 42.6 Å². The van der Waals surface area contributed by atoms with E-state index < -0.39 is 0 Å². The number of piperidine rings is 1. The normalized spacial score (nSPS) is 16.9. The molecular formula is C22H24N2O3S. The van der Waals surface area contributed by atoms with Crippen LogP contribution < -0.4 is 9.47 Å². The number of benzene rings is 2. The first-order valence-electron chi connectivity index (χ1n) is 9.65. The molecule has 2 aromatic carbocycles. The number of amides is 1. The van der Waals surface area contributed by atoms with Crippen LogP contribution in [0.2, 0.25) is 0 Å². The fourth-order valence-corrected chi connectivity index (χ4v) is 4.78. The molecule has 5 nitrogen and oxygen atoms in total. The van der Waals surface area contributed by atoms with Crippen LogP contribution in [-0.2, 0) is 0 Å². The van der Waals surface area contributed by atoms with Crippen molar-refractivity contribution < 1.29 is 14.3 Å². The van der Waals surface area contributed by atoms with Crippen molar-refractivity contribution in [1.29, 1.82) is 0 Å². The highest BCUT2D eigenvalue weighted by molar-refractivity contribution is 7.18. The zero-order valence-electron chi connectivity index (χ0n) is 16.2. The van der Waals surface area contributed by atoms with Crippen molar-refractivity contribution in [3.8, 4) is 11.5 Å². The van der Waals surface area contributed by atoms with Crippen LogP contribution in [0.3, 0.4) is 0 Å². The van der Waals surface area contributed by atoms with Crippen LogP contribution in [0.5, 0.6) is 11.5 Å². The van der Waals surface area contributed by atoms with Gasteiger partial charge in [0.25, 0.3) is 5.91 Å². The highest BCUT2D eigenvalue weighted by Crippen LogP contribution is 2.34. The molecule has 0 saturated carbocycles. The molecule has 1 amide bonds. The van der Waals surface area contributed by atoms with Crippen molar-refractivity contribution in [3.05, 3.63) is 53.0 Å². The van der Waals surface area contributed by atoms with E-state index in [0.29, 0.717) is 36.1 Å². The highest BCUT2D eigenvalue weighted by atomic mass is 32.1. The zero-order valence-corrected chi connectivity index (χ0v) is 17.0. The number of hydrogen-bond acceptors (Lipinski definition) is 5. The number of carbonyl (C=O) groups is 1. The lowest BCUT2D eigenvalue weighted by atomic mass is 9.98. The van der Waals surface area contributed by atoms with E-state index in [9.17, 15) is 4.79 Å². The molecule has 28 heavy (non-hydrogen) atoms. The first-order valence-corrected chi connectivity index (χ1v) is 10.5. The minimum Gasteiger partial charge on any atom is -0.493 e. The molecule has 4 rings (SSSR count). The Morgan fingerprint density at radius 3 is 2.89 bits per heavy atom. The van der Waals surface area contributed by atoms with Gasteiger partial charge in [-0.2, -0.15) is 0 Å². The van der Waals surface area contributed by atoms with E-state index in [1.807, 2.05) is 42.2 Å². The van der Waals surface area contributed by atoms with E-state index in [4.69, 9.17) is 14.5 Å². The summed E-state index contributed by atoms with van der Waals surface area (Å²) in [5.74, 6) is 1.58. The third-order valence-electron chi connectivity index (χ3n) is 5.08. The number of carbonyl (C=O) groups excluding carboxylic acids is 1. The largest absolute Gasteiger partial charge is 0.493 e. The second-order valence-corrected chi connectivity index (χ2v) is 7.97. The van der Waals surface area contributed by atoms with Crippen LogP contribution in [0, 0.1) is 0 Å². The molecule has 1 atom stereocenters. The monoisotopic (exact) mass is 396 g/mol. The first kappa shape index (κ1) is 18.7. The smallest absolute Gasteiger partial charge is 0.254 e. The number of hydrogen-bond donors (Lipinski definition) is 0. The molecule has 1 fully saturated rings. The lowest BCUT2D eigenvalue weighted by Crippen LogP contribution is -2.39. The minimum absolute atomic E-state index is 0.0344. The second kappa shape index (κ2) is 8.19. The predicted octanol–water partition coefficient (Wildman–Crippen LogP) is 4.72. The number of aromatic nitrogens is 1. The number of rotatable bonds is 5. The van der Waals surface area contributed by atoms with Gasteiger partial charge in [0.05, 0.1) is 28.9 Å². The summed E-state index contributed by atoms with van der Waals surface area (Å²) < 4.78 is 12.2. The van der Waals surface area contributed by atoms with Gasteiger partial charge in [0.1, 0.15) is 0 Å². The van der Waals surface area contributed by atoms with Crippen molar-refractivity contribution in [2.45, 2.75) is 25.7 Å². The predicted molar refractivity (Wildman–Crippen MR) is 112 cm³/mol. The number of likely N-dealkylation sites (tertiary alicyclic amines) is 1. The third kappa shape index (κ3) is 3.69. The Hall–Kier alpha value is -2.60. The number of methoxy groups -OCH3 is 1. The molecule has 0 bridgehead atoms. The van der Waals surface area contributed by atoms with E-state index >= 15 is 0 Å². The molecule has 1 saturated heterocycles. The summed E-state index contributed by atoms with van der Waals surface area (Å²) in [5, 5.41) is 1.13. The first-order chi connectivity index (χ1) is 13.7. The summed E-state index contributed by atoms with van der Waals surface area (Å²) in [6, 6.07) is 13.6. The summed E-state index contributed by atoms with van der Waals surface area (Å²) >= 11 is 1.74. The van der Waals surface area contributed by atoms with Crippen LogP contribution in [0.15, 0.2) is 42.5 Å². The van der Waals surface area contributed by atoms with Crippen LogP contribution in [0.4, 0.5) is 0 Å². The lowest BCUT2D eigenvalue weighted by molar-refractivity contribution is 0.0706. The van der Waals surface area contributed by atoms with Gasteiger partial charge >= 0.3 is 0 Å².